The number of piperazine rings is 1. The number of amides is 2. The predicted octanol–water partition coefficient (Wildman–Crippen LogP) is 2.80. The number of halogens is 1. The molecule has 0 aliphatic carbocycles. The molecule has 0 radical (unpaired) electrons. The Morgan fingerprint density at radius 1 is 1.03 bits per heavy atom. The van der Waals surface area contributed by atoms with E-state index in [2.05, 4.69) is 42.3 Å². The number of hydrogen-bond donors (Lipinski definition) is 1. The molecule has 1 heterocycles. The van der Waals surface area contributed by atoms with Crippen molar-refractivity contribution in [2.75, 3.05) is 44.2 Å². The molecule has 1 fully saturated rings. The fourth-order valence-corrected chi connectivity index (χ4v) is 3.42. The summed E-state index contributed by atoms with van der Waals surface area (Å²) in [5.41, 5.74) is 3.77. The number of carbonyl (C=O) groups is 2. The van der Waals surface area contributed by atoms with Crippen LogP contribution in [0, 0.1) is 13.8 Å². The average molecular weight is 416 g/mol. The molecule has 2 amide bonds. The van der Waals surface area contributed by atoms with Gasteiger partial charge in [0.1, 0.15) is 5.75 Å². The Balaban J connectivity index is 1.41. The van der Waals surface area contributed by atoms with E-state index in [4.69, 9.17) is 16.3 Å². The minimum atomic E-state index is -0.331. The normalized spacial score (nSPS) is 13.9. The van der Waals surface area contributed by atoms with Crippen LogP contribution < -0.4 is 15.0 Å². The molecular formula is C22H26ClN3O3. The topological polar surface area (TPSA) is 61.9 Å². The Hall–Kier alpha value is -2.73. The van der Waals surface area contributed by atoms with Gasteiger partial charge < -0.3 is 19.9 Å². The van der Waals surface area contributed by atoms with Crippen LogP contribution in [0.25, 0.3) is 0 Å². The Kier molecular flexibility index (Phi) is 6.99. The first kappa shape index (κ1) is 21.0. The van der Waals surface area contributed by atoms with Crippen LogP contribution in [0.5, 0.6) is 5.75 Å². The summed E-state index contributed by atoms with van der Waals surface area (Å²) in [6, 6.07) is 13.1. The van der Waals surface area contributed by atoms with E-state index in [1.54, 1.807) is 29.2 Å². The Bertz CT molecular complexity index is 862. The zero-order chi connectivity index (χ0) is 20.8. The summed E-state index contributed by atoms with van der Waals surface area (Å²) in [5.74, 6) is 0.145. The number of anilines is 1. The van der Waals surface area contributed by atoms with E-state index in [0.717, 1.165) is 13.1 Å². The van der Waals surface area contributed by atoms with Gasteiger partial charge in [-0.25, -0.2) is 0 Å². The van der Waals surface area contributed by atoms with Gasteiger partial charge in [0.2, 0.25) is 5.91 Å². The van der Waals surface area contributed by atoms with Crippen molar-refractivity contribution in [2.24, 2.45) is 0 Å². The van der Waals surface area contributed by atoms with E-state index in [-0.39, 0.29) is 25.0 Å². The summed E-state index contributed by atoms with van der Waals surface area (Å²) < 4.78 is 5.38. The highest BCUT2D eigenvalue weighted by molar-refractivity contribution is 6.30. The van der Waals surface area contributed by atoms with Gasteiger partial charge in [0.15, 0.2) is 6.61 Å². The first-order valence-electron chi connectivity index (χ1n) is 9.68. The number of carbonyl (C=O) groups excluding carboxylic acids is 2. The Morgan fingerprint density at radius 2 is 1.72 bits per heavy atom. The maximum absolute atomic E-state index is 12.4. The SMILES string of the molecule is Cc1cccc(N2CCN(C(=O)CNC(=O)COc3ccc(Cl)cc3)CC2)c1C. The molecule has 0 unspecified atom stereocenters. The van der Waals surface area contributed by atoms with Crippen LogP contribution in [0.1, 0.15) is 11.1 Å². The first-order chi connectivity index (χ1) is 13.9. The molecule has 6 nitrogen and oxygen atoms in total. The molecule has 1 aliphatic rings. The second kappa shape index (κ2) is 9.65. The van der Waals surface area contributed by atoms with Crippen LogP contribution in [-0.2, 0) is 9.59 Å². The highest BCUT2D eigenvalue weighted by Crippen LogP contribution is 2.23. The summed E-state index contributed by atoms with van der Waals surface area (Å²) in [6.07, 6.45) is 0. The Morgan fingerprint density at radius 3 is 2.41 bits per heavy atom. The van der Waals surface area contributed by atoms with Crippen molar-refractivity contribution in [1.82, 2.24) is 10.2 Å². The molecule has 1 saturated heterocycles. The van der Waals surface area contributed by atoms with E-state index in [1.807, 2.05) is 0 Å². The second-order valence-electron chi connectivity index (χ2n) is 7.11. The van der Waals surface area contributed by atoms with Crippen molar-refractivity contribution in [2.45, 2.75) is 13.8 Å². The molecule has 0 aromatic heterocycles. The van der Waals surface area contributed by atoms with Crippen LogP contribution in [0.4, 0.5) is 5.69 Å². The Labute approximate surface area is 176 Å². The molecule has 2 aromatic rings. The van der Waals surface area contributed by atoms with E-state index in [1.165, 1.54) is 16.8 Å². The number of rotatable bonds is 6. The van der Waals surface area contributed by atoms with Gasteiger partial charge in [-0.15, -0.1) is 0 Å². The van der Waals surface area contributed by atoms with Crippen LogP contribution in [0.2, 0.25) is 5.02 Å². The van der Waals surface area contributed by atoms with Gasteiger partial charge in [-0.05, 0) is 55.3 Å². The van der Waals surface area contributed by atoms with Crippen LogP contribution in [-0.4, -0.2) is 56.0 Å². The average Bonchev–Trinajstić information content (AvgIpc) is 2.73. The molecule has 154 valence electrons. The van der Waals surface area contributed by atoms with Gasteiger partial charge in [-0.1, -0.05) is 23.7 Å². The largest absolute Gasteiger partial charge is 0.484 e. The summed E-state index contributed by atoms with van der Waals surface area (Å²) in [5, 5.41) is 3.23. The second-order valence-corrected chi connectivity index (χ2v) is 7.54. The standard InChI is InChI=1S/C22H26ClN3O3/c1-16-4-3-5-20(17(16)2)25-10-12-26(13-11-25)22(28)14-24-21(27)15-29-19-8-6-18(23)7-9-19/h3-9H,10-15H2,1-2H3,(H,24,27). The molecule has 0 saturated carbocycles. The van der Waals surface area contributed by atoms with Crippen molar-refractivity contribution in [3.05, 3.63) is 58.6 Å². The van der Waals surface area contributed by atoms with Gasteiger partial charge in [0.05, 0.1) is 6.54 Å². The lowest BCUT2D eigenvalue weighted by molar-refractivity contribution is -0.133. The molecule has 29 heavy (non-hydrogen) atoms. The summed E-state index contributed by atoms with van der Waals surface area (Å²) in [6.45, 7) is 6.92. The number of nitrogens with zero attached hydrogens (tertiary/aromatic N) is 2. The zero-order valence-electron chi connectivity index (χ0n) is 16.8. The number of ether oxygens (including phenoxy) is 1. The molecule has 7 heteroatoms. The fourth-order valence-electron chi connectivity index (χ4n) is 3.29. The van der Waals surface area contributed by atoms with E-state index < -0.39 is 0 Å². The predicted molar refractivity (Wildman–Crippen MR) is 115 cm³/mol. The molecule has 0 spiro atoms. The molecule has 1 aliphatic heterocycles. The van der Waals surface area contributed by atoms with Crippen molar-refractivity contribution >= 4 is 29.1 Å². The molecule has 0 atom stereocenters. The summed E-state index contributed by atoms with van der Waals surface area (Å²) >= 11 is 5.81. The molecule has 3 rings (SSSR count). The van der Waals surface area contributed by atoms with Gasteiger partial charge in [-0.3, -0.25) is 9.59 Å². The van der Waals surface area contributed by atoms with Crippen molar-refractivity contribution < 1.29 is 14.3 Å². The van der Waals surface area contributed by atoms with Crippen LogP contribution in [0.15, 0.2) is 42.5 Å². The fraction of sp³-hybridized carbons (Fsp3) is 0.364. The summed E-state index contributed by atoms with van der Waals surface area (Å²) in [4.78, 5) is 28.5. The highest BCUT2D eigenvalue weighted by Gasteiger charge is 2.22. The third kappa shape index (κ3) is 5.64. The van der Waals surface area contributed by atoms with Crippen molar-refractivity contribution in [3.63, 3.8) is 0 Å². The molecule has 0 bridgehead atoms. The third-order valence-electron chi connectivity index (χ3n) is 5.17. The lowest BCUT2D eigenvalue weighted by Gasteiger charge is -2.37. The number of hydrogen-bond acceptors (Lipinski definition) is 4. The number of benzene rings is 2. The first-order valence-corrected chi connectivity index (χ1v) is 10.1. The maximum atomic E-state index is 12.4. The summed E-state index contributed by atoms with van der Waals surface area (Å²) in [7, 11) is 0. The maximum Gasteiger partial charge on any atom is 0.258 e. The number of nitrogens with one attached hydrogen (secondary N) is 1. The quantitative estimate of drug-likeness (QED) is 0.788. The minimum absolute atomic E-state index is 0.0215. The van der Waals surface area contributed by atoms with Gasteiger partial charge in [0, 0.05) is 36.9 Å². The van der Waals surface area contributed by atoms with Crippen molar-refractivity contribution in [3.8, 4) is 5.75 Å². The lowest BCUT2D eigenvalue weighted by Crippen LogP contribution is -2.51. The van der Waals surface area contributed by atoms with Gasteiger partial charge >= 0.3 is 0 Å². The van der Waals surface area contributed by atoms with Crippen molar-refractivity contribution in [1.29, 1.82) is 0 Å². The van der Waals surface area contributed by atoms with E-state index >= 15 is 0 Å². The number of aryl methyl sites for hydroxylation is 1. The zero-order valence-corrected chi connectivity index (χ0v) is 17.5. The molecular weight excluding hydrogens is 390 g/mol. The van der Waals surface area contributed by atoms with E-state index in [9.17, 15) is 9.59 Å². The van der Waals surface area contributed by atoms with Gasteiger partial charge in [0.25, 0.3) is 5.91 Å². The third-order valence-corrected chi connectivity index (χ3v) is 5.42. The van der Waals surface area contributed by atoms with Crippen LogP contribution >= 0.6 is 11.6 Å². The van der Waals surface area contributed by atoms with E-state index in [0.29, 0.717) is 23.9 Å². The molecule has 2 aromatic carbocycles. The van der Waals surface area contributed by atoms with Gasteiger partial charge in [-0.2, -0.15) is 0 Å². The molecule has 1 N–H and O–H groups in total. The minimum Gasteiger partial charge on any atom is -0.484 e. The lowest BCUT2D eigenvalue weighted by atomic mass is 10.1. The monoisotopic (exact) mass is 415 g/mol. The highest BCUT2D eigenvalue weighted by atomic mass is 35.5. The van der Waals surface area contributed by atoms with Crippen LogP contribution in [0.3, 0.4) is 0 Å². The smallest absolute Gasteiger partial charge is 0.258 e.